The fraction of sp³-hybridized carbons (Fsp3) is 0.667. The molecule has 0 radical (unpaired) electrons. The van der Waals surface area contributed by atoms with Crippen molar-refractivity contribution in [2.45, 2.75) is 40.7 Å². The predicted octanol–water partition coefficient (Wildman–Crippen LogP) is 3.76. The molecule has 0 spiro atoms. The number of halogens is 1. The Balaban J connectivity index is 0.00000729. The zero-order valence-corrected chi connectivity index (χ0v) is 20.4. The van der Waals surface area contributed by atoms with Gasteiger partial charge in [-0.25, -0.2) is 0 Å². The van der Waals surface area contributed by atoms with Crippen molar-refractivity contribution >= 4 is 29.9 Å². The van der Waals surface area contributed by atoms with Gasteiger partial charge in [0.25, 0.3) is 0 Å². The highest BCUT2D eigenvalue weighted by molar-refractivity contribution is 14.0. The number of aryl methyl sites for hydroxylation is 1. The third-order valence-electron chi connectivity index (χ3n) is 3.96. The first kappa shape index (κ1) is 26.9. The largest absolute Gasteiger partial charge is 0.491 e. The van der Waals surface area contributed by atoms with Gasteiger partial charge in [-0.1, -0.05) is 26.0 Å². The molecule has 0 saturated heterocycles. The Hall–Kier alpha value is -1.06. The summed E-state index contributed by atoms with van der Waals surface area (Å²) in [6.07, 6.45) is 1.09. The summed E-state index contributed by atoms with van der Waals surface area (Å²) in [6.45, 7) is 13.1. The maximum absolute atomic E-state index is 5.89. The van der Waals surface area contributed by atoms with E-state index in [4.69, 9.17) is 14.2 Å². The van der Waals surface area contributed by atoms with E-state index >= 15 is 0 Å². The molecule has 1 rings (SSSR count). The maximum atomic E-state index is 5.89. The van der Waals surface area contributed by atoms with Crippen LogP contribution in [0.3, 0.4) is 0 Å². The van der Waals surface area contributed by atoms with Crippen molar-refractivity contribution < 1.29 is 14.2 Å². The van der Waals surface area contributed by atoms with Gasteiger partial charge in [0.05, 0.1) is 13.2 Å². The quantitative estimate of drug-likeness (QED) is 0.184. The second kappa shape index (κ2) is 16.9. The van der Waals surface area contributed by atoms with Crippen LogP contribution < -0.4 is 15.4 Å². The lowest BCUT2D eigenvalue weighted by atomic mass is 10.1. The van der Waals surface area contributed by atoms with E-state index in [1.807, 2.05) is 6.92 Å². The standard InChI is InChI=1S/C21H37N3O3.HI/c1-6-25-13-14-27-20-15-18(4)7-8-19(20)16-24-21(22-5)23-10-12-26-11-9-17(2)3;/h7-8,15,17H,6,9-14,16H2,1-5H3,(H2,22,23,24);1H. The highest BCUT2D eigenvalue weighted by atomic mass is 127. The molecule has 7 heteroatoms. The number of ether oxygens (including phenoxy) is 3. The van der Waals surface area contributed by atoms with Gasteiger partial charge in [0, 0.05) is 38.9 Å². The van der Waals surface area contributed by atoms with E-state index in [0.717, 1.165) is 36.8 Å². The van der Waals surface area contributed by atoms with Crippen molar-refractivity contribution in [1.29, 1.82) is 0 Å². The van der Waals surface area contributed by atoms with Gasteiger partial charge in [0.15, 0.2) is 5.96 Å². The van der Waals surface area contributed by atoms with Crippen LogP contribution in [-0.2, 0) is 16.0 Å². The van der Waals surface area contributed by atoms with Crippen LogP contribution in [0.5, 0.6) is 5.75 Å². The number of guanidine groups is 1. The monoisotopic (exact) mass is 507 g/mol. The molecule has 0 saturated carbocycles. The summed E-state index contributed by atoms with van der Waals surface area (Å²) in [5.41, 5.74) is 2.26. The summed E-state index contributed by atoms with van der Waals surface area (Å²) in [4.78, 5) is 4.26. The van der Waals surface area contributed by atoms with Crippen molar-refractivity contribution in [3.8, 4) is 5.75 Å². The predicted molar refractivity (Wildman–Crippen MR) is 127 cm³/mol. The second-order valence-electron chi connectivity index (χ2n) is 6.80. The minimum Gasteiger partial charge on any atom is -0.491 e. The Kier molecular flexibility index (Phi) is 16.2. The minimum absolute atomic E-state index is 0. The van der Waals surface area contributed by atoms with Crippen molar-refractivity contribution in [2.75, 3.05) is 46.6 Å². The molecule has 1 aromatic carbocycles. The first-order valence-electron chi connectivity index (χ1n) is 9.89. The fourth-order valence-electron chi connectivity index (χ4n) is 2.36. The molecule has 0 bridgehead atoms. The van der Waals surface area contributed by atoms with Crippen LogP contribution in [0.25, 0.3) is 0 Å². The van der Waals surface area contributed by atoms with Crippen molar-refractivity contribution in [2.24, 2.45) is 10.9 Å². The highest BCUT2D eigenvalue weighted by Gasteiger charge is 2.06. The van der Waals surface area contributed by atoms with Crippen molar-refractivity contribution in [1.82, 2.24) is 10.6 Å². The zero-order chi connectivity index (χ0) is 19.9. The van der Waals surface area contributed by atoms with Gasteiger partial charge in [-0.3, -0.25) is 4.99 Å². The Morgan fingerprint density at radius 2 is 1.86 bits per heavy atom. The van der Waals surface area contributed by atoms with E-state index in [9.17, 15) is 0 Å². The molecule has 0 aromatic heterocycles. The van der Waals surface area contributed by atoms with E-state index in [0.29, 0.717) is 38.9 Å². The fourth-order valence-corrected chi connectivity index (χ4v) is 2.36. The van der Waals surface area contributed by atoms with E-state index in [1.165, 1.54) is 5.56 Å². The van der Waals surface area contributed by atoms with Crippen molar-refractivity contribution in [3.05, 3.63) is 29.3 Å². The number of hydrogen-bond donors (Lipinski definition) is 2. The number of rotatable bonds is 13. The number of benzene rings is 1. The van der Waals surface area contributed by atoms with E-state index in [-0.39, 0.29) is 24.0 Å². The molecule has 0 fully saturated rings. The lowest BCUT2D eigenvalue weighted by Crippen LogP contribution is -2.38. The Morgan fingerprint density at radius 3 is 2.54 bits per heavy atom. The minimum atomic E-state index is 0. The van der Waals surface area contributed by atoms with Crippen LogP contribution in [0.15, 0.2) is 23.2 Å². The molecule has 0 aliphatic heterocycles. The molecule has 0 atom stereocenters. The van der Waals surface area contributed by atoms with Crippen LogP contribution in [0.2, 0.25) is 0 Å². The average molecular weight is 507 g/mol. The summed E-state index contributed by atoms with van der Waals surface area (Å²) in [7, 11) is 1.77. The smallest absolute Gasteiger partial charge is 0.191 e. The van der Waals surface area contributed by atoms with Gasteiger partial charge in [-0.2, -0.15) is 0 Å². The Morgan fingerprint density at radius 1 is 1.07 bits per heavy atom. The number of hydrogen-bond acceptors (Lipinski definition) is 4. The number of aliphatic imine (C=N–C) groups is 1. The molecular formula is C21H38IN3O3. The summed E-state index contributed by atoms with van der Waals surface area (Å²) in [5.74, 6) is 2.31. The summed E-state index contributed by atoms with van der Waals surface area (Å²) < 4.78 is 16.9. The van der Waals surface area contributed by atoms with Gasteiger partial charge in [0.2, 0.25) is 0 Å². The third kappa shape index (κ3) is 12.4. The summed E-state index contributed by atoms with van der Waals surface area (Å²) in [5, 5.41) is 6.60. The molecule has 28 heavy (non-hydrogen) atoms. The summed E-state index contributed by atoms with van der Waals surface area (Å²) in [6, 6.07) is 6.23. The van der Waals surface area contributed by atoms with Crippen LogP contribution in [-0.4, -0.2) is 52.6 Å². The van der Waals surface area contributed by atoms with Crippen LogP contribution in [0.4, 0.5) is 0 Å². The van der Waals surface area contributed by atoms with Gasteiger partial charge in [-0.15, -0.1) is 24.0 Å². The molecule has 0 aliphatic rings. The molecule has 1 aromatic rings. The van der Waals surface area contributed by atoms with E-state index in [2.05, 4.69) is 54.6 Å². The maximum Gasteiger partial charge on any atom is 0.191 e. The van der Waals surface area contributed by atoms with Crippen LogP contribution >= 0.6 is 24.0 Å². The number of nitrogens with one attached hydrogen (secondary N) is 2. The van der Waals surface area contributed by atoms with E-state index < -0.39 is 0 Å². The third-order valence-corrected chi connectivity index (χ3v) is 3.96. The van der Waals surface area contributed by atoms with Gasteiger partial charge < -0.3 is 24.8 Å². The lowest BCUT2D eigenvalue weighted by molar-refractivity contribution is 0.110. The highest BCUT2D eigenvalue weighted by Crippen LogP contribution is 2.20. The van der Waals surface area contributed by atoms with Gasteiger partial charge in [-0.05, 0) is 37.8 Å². The molecular weight excluding hydrogens is 469 g/mol. The first-order valence-corrected chi connectivity index (χ1v) is 9.89. The summed E-state index contributed by atoms with van der Waals surface area (Å²) >= 11 is 0. The normalized spacial score (nSPS) is 11.3. The average Bonchev–Trinajstić information content (AvgIpc) is 2.65. The molecule has 162 valence electrons. The van der Waals surface area contributed by atoms with Gasteiger partial charge >= 0.3 is 0 Å². The topological polar surface area (TPSA) is 64.1 Å². The molecule has 0 unspecified atom stereocenters. The lowest BCUT2D eigenvalue weighted by Gasteiger charge is -2.15. The van der Waals surface area contributed by atoms with E-state index in [1.54, 1.807) is 7.05 Å². The SMILES string of the molecule is CCOCCOc1cc(C)ccc1CNC(=NC)NCCOCCC(C)C.I. The Labute approximate surface area is 187 Å². The first-order chi connectivity index (χ1) is 13.1. The molecule has 0 aliphatic carbocycles. The molecule has 0 amide bonds. The van der Waals surface area contributed by atoms with Crippen molar-refractivity contribution in [3.63, 3.8) is 0 Å². The Bertz CT molecular complexity index is 554. The molecule has 0 heterocycles. The molecule has 6 nitrogen and oxygen atoms in total. The van der Waals surface area contributed by atoms with Crippen LogP contribution in [0.1, 0.15) is 38.3 Å². The van der Waals surface area contributed by atoms with Crippen LogP contribution in [0, 0.1) is 12.8 Å². The zero-order valence-electron chi connectivity index (χ0n) is 18.0. The second-order valence-corrected chi connectivity index (χ2v) is 6.80. The molecule has 2 N–H and O–H groups in total. The van der Waals surface area contributed by atoms with Gasteiger partial charge in [0.1, 0.15) is 12.4 Å². The number of nitrogens with zero attached hydrogens (tertiary/aromatic N) is 1.